The zero-order chi connectivity index (χ0) is 18.1. The highest BCUT2D eigenvalue weighted by atomic mass is 15.4. The second kappa shape index (κ2) is 9.66. The van der Waals surface area contributed by atoms with Crippen LogP contribution in [0.3, 0.4) is 0 Å². The predicted molar refractivity (Wildman–Crippen MR) is 95.2 cm³/mol. The molecule has 2 heterocycles. The highest BCUT2D eigenvalue weighted by molar-refractivity contribution is 5.34. The van der Waals surface area contributed by atoms with Crippen molar-refractivity contribution in [2.24, 2.45) is 0 Å². The van der Waals surface area contributed by atoms with Gasteiger partial charge in [-0.05, 0) is 27.9 Å². The summed E-state index contributed by atoms with van der Waals surface area (Å²) in [7, 11) is 7.60. The molecular formula is C15H27N9. The van der Waals surface area contributed by atoms with E-state index in [9.17, 15) is 0 Å². The maximum Gasteiger partial charge on any atom is 0.230 e. The molecule has 0 spiro atoms. The van der Waals surface area contributed by atoms with Crippen LogP contribution in [0, 0.1) is 13.8 Å². The first-order chi connectivity index (χ1) is 11.4. The minimum Gasteiger partial charge on any atom is -0.326 e. The summed E-state index contributed by atoms with van der Waals surface area (Å²) in [4.78, 5) is 29.4. The number of aryl methyl sites for hydroxylation is 3. The van der Waals surface area contributed by atoms with E-state index < -0.39 is 0 Å². The van der Waals surface area contributed by atoms with Crippen molar-refractivity contribution < 1.29 is 0 Å². The normalized spacial score (nSPS) is 9.96. The largest absolute Gasteiger partial charge is 0.326 e. The van der Waals surface area contributed by atoms with E-state index in [0.717, 1.165) is 18.1 Å². The second-order valence-electron chi connectivity index (χ2n) is 5.32. The molecule has 2 aromatic heterocycles. The summed E-state index contributed by atoms with van der Waals surface area (Å²) in [6.45, 7) is 6.30. The predicted octanol–water partition coefficient (Wildman–Crippen LogP) is 0.602. The summed E-state index contributed by atoms with van der Waals surface area (Å²) in [5.74, 6) is 3.48. The number of nitrogens with zero attached hydrogens (tertiary/aromatic N) is 8. The maximum absolute atomic E-state index is 4.44. The molecular weight excluding hydrogens is 306 g/mol. The van der Waals surface area contributed by atoms with Crippen molar-refractivity contribution >= 4 is 11.9 Å². The standard InChI is InChI=1S/C13H20N8.C2H7N/c1-6-11-16-10(3)18-13(19-11)21(5)8-20(4)12-15-7-14-9(2)17-12;1-3-2/h7H,6,8H2,1-5H3;3H,1-2H3. The zero-order valence-corrected chi connectivity index (χ0v) is 15.6. The molecule has 0 saturated heterocycles. The lowest BCUT2D eigenvalue weighted by Crippen LogP contribution is -2.35. The van der Waals surface area contributed by atoms with Crippen LogP contribution in [0.15, 0.2) is 6.33 Å². The molecule has 0 fully saturated rings. The van der Waals surface area contributed by atoms with Crippen LogP contribution in [0.4, 0.5) is 11.9 Å². The first-order valence-corrected chi connectivity index (χ1v) is 7.79. The number of hydrogen-bond donors (Lipinski definition) is 1. The van der Waals surface area contributed by atoms with Crippen LogP contribution in [0.5, 0.6) is 0 Å². The summed E-state index contributed by atoms with van der Waals surface area (Å²) < 4.78 is 0. The van der Waals surface area contributed by atoms with Crippen molar-refractivity contribution in [3.05, 3.63) is 23.8 Å². The molecule has 0 aromatic carbocycles. The van der Waals surface area contributed by atoms with E-state index in [1.807, 2.05) is 58.8 Å². The average Bonchev–Trinajstić information content (AvgIpc) is 2.54. The van der Waals surface area contributed by atoms with Crippen molar-refractivity contribution in [3.63, 3.8) is 0 Å². The Labute approximate surface area is 143 Å². The van der Waals surface area contributed by atoms with E-state index in [0.29, 0.717) is 24.4 Å². The Kier molecular flexibility index (Phi) is 7.90. The van der Waals surface area contributed by atoms with Crippen LogP contribution in [-0.4, -0.2) is 64.8 Å². The number of hydrogen-bond acceptors (Lipinski definition) is 9. The molecule has 0 atom stereocenters. The van der Waals surface area contributed by atoms with Crippen molar-refractivity contribution in [3.8, 4) is 0 Å². The van der Waals surface area contributed by atoms with Gasteiger partial charge in [0.1, 0.15) is 23.8 Å². The molecule has 0 aliphatic carbocycles. The summed E-state index contributed by atoms with van der Waals surface area (Å²) in [6, 6.07) is 0. The molecule has 0 aliphatic rings. The fourth-order valence-electron chi connectivity index (χ4n) is 1.85. The van der Waals surface area contributed by atoms with Crippen molar-refractivity contribution in [2.75, 3.05) is 44.7 Å². The molecule has 0 saturated carbocycles. The van der Waals surface area contributed by atoms with Gasteiger partial charge < -0.3 is 15.1 Å². The Hall–Kier alpha value is -2.42. The highest BCUT2D eigenvalue weighted by Crippen LogP contribution is 2.09. The Bertz CT molecular complexity index is 632. The monoisotopic (exact) mass is 333 g/mol. The molecule has 9 heteroatoms. The van der Waals surface area contributed by atoms with Gasteiger partial charge in [0.15, 0.2) is 0 Å². The molecule has 2 aromatic rings. The molecule has 0 bridgehead atoms. The van der Waals surface area contributed by atoms with Gasteiger partial charge in [-0.1, -0.05) is 6.92 Å². The van der Waals surface area contributed by atoms with Crippen molar-refractivity contribution in [1.82, 2.24) is 35.2 Å². The highest BCUT2D eigenvalue weighted by Gasteiger charge is 2.12. The fourth-order valence-corrected chi connectivity index (χ4v) is 1.85. The van der Waals surface area contributed by atoms with Crippen LogP contribution in [-0.2, 0) is 6.42 Å². The summed E-state index contributed by atoms with van der Waals surface area (Å²) in [5.41, 5.74) is 0. The average molecular weight is 333 g/mol. The molecule has 132 valence electrons. The number of aromatic nitrogens is 6. The Morgan fingerprint density at radius 2 is 1.46 bits per heavy atom. The minimum absolute atomic E-state index is 0.566. The fraction of sp³-hybridized carbons (Fsp3) is 0.600. The summed E-state index contributed by atoms with van der Waals surface area (Å²) >= 11 is 0. The van der Waals surface area contributed by atoms with E-state index in [-0.39, 0.29) is 0 Å². The summed E-state index contributed by atoms with van der Waals surface area (Å²) in [6.07, 6.45) is 2.29. The molecule has 0 radical (unpaired) electrons. The van der Waals surface area contributed by atoms with E-state index >= 15 is 0 Å². The van der Waals surface area contributed by atoms with Gasteiger partial charge >= 0.3 is 0 Å². The zero-order valence-electron chi connectivity index (χ0n) is 15.6. The van der Waals surface area contributed by atoms with Crippen molar-refractivity contribution in [2.45, 2.75) is 27.2 Å². The van der Waals surface area contributed by atoms with Crippen LogP contribution in [0.2, 0.25) is 0 Å². The van der Waals surface area contributed by atoms with E-state index in [2.05, 4.69) is 35.2 Å². The lowest BCUT2D eigenvalue weighted by Gasteiger charge is -2.24. The quantitative estimate of drug-likeness (QED) is 0.789. The van der Waals surface area contributed by atoms with Crippen LogP contribution in [0.1, 0.15) is 24.4 Å². The first-order valence-electron chi connectivity index (χ1n) is 7.79. The van der Waals surface area contributed by atoms with Gasteiger partial charge in [0, 0.05) is 20.5 Å². The van der Waals surface area contributed by atoms with E-state index in [1.54, 1.807) is 0 Å². The molecule has 0 amide bonds. The molecule has 1 N–H and O–H groups in total. The Morgan fingerprint density at radius 3 is 2.04 bits per heavy atom. The van der Waals surface area contributed by atoms with Crippen LogP contribution in [0.25, 0.3) is 0 Å². The smallest absolute Gasteiger partial charge is 0.230 e. The number of anilines is 2. The molecule has 0 aliphatic heterocycles. The van der Waals surface area contributed by atoms with E-state index in [4.69, 9.17) is 0 Å². The third-order valence-electron chi connectivity index (χ3n) is 2.88. The van der Waals surface area contributed by atoms with Crippen LogP contribution >= 0.6 is 0 Å². The third kappa shape index (κ3) is 5.99. The Balaban J connectivity index is 0.000000891. The Morgan fingerprint density at radius 1 is 0.875 bits per heavy atom. The third-order valence-corrected chi connectivity index (χ3v) is 2.88. The topological polar surface area (TPSA) is 95.9 Å². The first kappa shape index (κ1) is 19.6. The molecule has 24 heavy (non-hydrogen) atoms. The maximum atomic E-state index is 4.44. The van der Waals surface area contributed by atoms with Gasteiger partial charge in [0.05, 0.1) is 6.67 Å². The SMILES string of the molecule is CCc1nc(C)nc(N(C)CN(C)c2ncnc(C)n2)n1.CNC. The van der Waals surface area contributed by atoms with E-state index in [1.165, 1.54) is 6.33 Å². The van der Waals surface area contributed by atoms with Gasteiger partial charge in [-0.15, -0.1) is 0 Å². The van der Waals surface area contributed by atoms with Crippen molar-refractivity contribution in [1.29, 1.82) is 0 Å². The van der Waals surface area contributed by atoms with Gasteiger partial charge in [-0.2, -0.15) is 15.0 Å². The van der Waals surface area contributed by atoms with Crippen LogP contribution < -0.4 is 15.1 Å². The second-order valence-corrected chi connectivity index (χ2v) is 5.32. The molecule has 2 rings (SSSR count). The minimum atomic E-state index is 0.566. The lowest BCUT2D eigenvalue weighted by molar-refractivity contribution is 0.761. The van der Waals surface area contributed by atoms with Gasteiger partial charge in [0.25, 0.3) is 0 Å². The van der Waals surface area contributed by atoms with Gasteiger partial charge in [-0.25, -0.2) is 15.0 Å². The van der Waals surface area contributed by atoms with Gasteiger partial charge in [-0.3, -0.25) is 0 Å². The molecule has 9 nitrogen and oxygen atoms in total. The number of nitrogens with one attached hydrogen (secondary N) is 1. The summed E-state index contributed by atoms with van der Waals surface area (Å²) in [5, 5.41) is 2.75. The molecule has 0 unspecified atom stereocenters. The van der Waals surface area contributed by atoms with Gasteiger partial charge in [0.2, 0.25) is 11.9 Å². The lowest BCUT2D eigenvalue weighted by atomic mass is 10.4. The number of rotatable bonds is 5.